The monoisotopic (exact) mass is 249 g/mol. The van der Waals surface area contributed by atoms with Crippen molar-refractivity contribution in [3.63, 3.8) is 0 Å². The Morgan fingerprint density at radius 2 is 1.81 bits per heavy atom. The van der Waals surface area contributed by atoms with Gasteiger partial charge in [-0.15, -0.1) is 0 Å². The summed E-state index contributed by atoms with van der Waals surface area (Å²) in [4.78, 5) is 11.6. The molecule has 6 heteroatoms. The molecule has 1 aliphatic carbocycles. The van der Waals surface area contributed by atoms with E-state index in [0.717, 1.165) is 32.1 Å². The minimum absolute atomic E-state index is 0.252. The lowest BCUT2D eigenvalue weighted by Gasteiger charge is -2.19. The Morgan fingerprint density at radius 1 is 1.25 bits per heavy atom. The zero-order chi connectivity index (χ0) is 12.2. The number of hydrogen-bond acceptors (Lipinski definition) is 4. The van der Waals surface area contributed by atoms with Crippen LogP contribution in [0.2, 0.25) is 0 Å². The summed E-state index contributed by atoms with van der Waals surface area (Å²) >= 11 is 0. The molecule has 1 rings (SSSR count). The second-order valence-electron chi connectivity index (χ2n) is 4.46. The van der Waals surface area contributed by atoms with Crippen LogP contribution >= 0.6 is 0 Å². The van der Waals surface area contributed by atoms with Gasteiger partial charge in [-0.25, -0.2) is 0 Å². The average Bonchev–Trinajstić information content (AvgIpc) is 2.16. The Balaban J connectivity index is 2.49. The third-order valence-corrected chi connectivity index (χ3v) is 3.65. The molecule has 0 aromatic heterocycles. The lowest BCUT2D eigenvalue weighted by atomic mass is 9.90. The highest BCUT2D eigenvalue weighted by molar-refractivity contribution is 7.85. The van der Waals surface area contributed by atoms with Gasteiger partial charge in [0.05, 0.1) is 5.92 Å². The van der Waals surface area contributed by atoms with Crippen molar-refractivity contribution in [3.8, 4) is 0 Å². The fourth-order valence-electron chi connectivity index (χ4n) is 1.83. The fourth-order valence-corrected chi connectivity index (χ4v) is 2.80. The summed E-state index contributed by atoms with van der Waals surface area (Å²) in [5, 5.41) is 0. The quantitative estimate of drug-likeness (QED) is 0.816. The third kappa shape index (κ3) is 4.49. The summed E-state index contributed by atoms with van der Waals surface area (Å²) in [5.41, 5.74) is 0. The molecule has 0 bridgehead atoms. The molecule has 1 saturated carbocycles. The van der Waals surface area contributed by atoms with E-state index in [2.05, 4.69) is 8.91 Å². The van der Waals surface area contributed by atoms with E-state index in [4.69, 9.17) is 0 Å². The SMILES string of the molecule is CC(C)NS(=O)(=O)OC(=O)C1CCCCC1. The van der Waals surface area contributed by atoms with Gasteiger partial charge in [-0.2, -0.15) is 13.1 Å². The first-order valence-electron chi connectivity index (χ1n) is 5.66. The van der Waals surface area contributed by atoms with E-state index < -0.39 is 16.3 Å². The highest BCUT2D eigenvalue weighted by Crippen LogP contribution is 2.25. The van der Waals surface area contributed by atoms with Crippen LogP contribution in [0.4, 0.5) is 0 Å². The van der Waals surface area contributed by atoms with E-state index in [1.807, 2.05) is 0 Å². The molecule has 0 aromatic carbocycles. The second-order valence-corrected chi connectivity index (χ2v) is 5.77. The standard InChI is InChI=1S/C10H19NO4S/c1-8(2)11-16(13,14)15-10(12)9-6-4-3-5-7-9/h8-9,11H,3-7H2,1-2H3. The highest BCUT2D eigenvalue weighted by Gasteiger charge is 2.27. The Labute approximate surface area is 96.8 Å². The van der Waals surface area contributed by atoms with Crippen molar-refractivity contribution >= 4 is 16.3 Å². The normalized spacial score (nSPS) is 18.7. The van der Waals surface area contributed by atoms with Crippen LogP contribution in [0, 0.1) is 5.92 Å². The highest BCUT2D eigenvalue weighted by atomic mass is 32.2. The number of carbonyl (C=O) groups excluding carboxylic acids is 1. The number of rotatable bonds is 4. The van der Waals surface area contributed by atoms with Crippen LogP contribution in [-0.4, -0.2) is 20.4 Å². The molecule has 0 aliphatic heterocycles. The lowest BCUT2D eigenvalue weighted by molar-refractivity contribution is -0.139. The van der Waals surface area contributed by atoms with E-state index in [0.29, 0.717) is 0 Å². The summed E-state index contributed by atoms with van der Waals surface area (Å²) in [6.07, 6.45) is 4.52. The molecule has 0 radical (unpaired) electrons. The Kier molecular flexibility index (Phi) is 4.73. The van der Waals surface area contributed by atoms with Crippen LogP contribution < -0.4 is 4.72 Å². The maximum absolute atomic E-state index is 11.6. The number of nitrogens with one attached hydrogen (secondary N) is 1. The molecule has 1 aliphatic rings. The van der Waals surface area contributed by atoms with Crippen LogP contribution in [0.3, 0.4) is 0 Å². The zero-order valence-corrected chi connectivity index (χ0v) is 10.5. The van der Waals surface area contributed by atoms with Gasteiger partial charge in [0, 0.05) is 6.04 Å². The Bertz CT molecular complexity index is 331. The maximum atomic E-state index is 11.6. The van der Waals surface area contributed by atoms with E-state index in [1.165, 1.54) is 0 Å². The summed E-state index contributed by atoms with van der Waals surface area (Å²) < 4.78 is 29.4. The zero-order valence-electron chi connectivity index (χ0n) is 9.73. The van der Waals surface area contributed by atoms with Gasteiger partial charge in [0.2, 0.25) is 0 Å². The van der Waals surface area contributed by atoms with Gasteiger partial charge in [-0.05, 0) is 26.7 Å². The molecule has 0 spiro atoms. The summed E-state index contributed by atoms with van der Waals surface area (Å²) in [5.74, 6) is -0.870. The summed E-state index contributed by atoms with van der Waals surface area (Å²) in [6.45, 7) is 3.35. The first-order chi connectivity index (χ1) is 7.41. The fraction of sp³-hybridized carbons (Fsp3) is 0.900. The molecule has 5 nitrogen and oxygen atoms in total. The predicted molar refractivity (Wildman–Crippen MR) is 59.9 cm³/mol. The van der Waals surface area contributed by atoms with Crippen molar-refractivity contribution in [2.24, 2.45) is 5.92 Å². The molecule has 0 saturated heterocycles. The van der Waals surface area contributed by atoms with Crippen LogP contribution in [0.5, 0.6) is 0 Å². The summed E-state index contributed by atoms with van der Waals surface area (Å²) in [7, 11) is -3.93. The van der Waals surface area contributed by atoms with Gasteiger partial charge >= 0.3 is 16.3 Å². The van der Waals surface area contributed by atoms with Gasteiger partial charge < -0.3 is 4.18 Å². The van der Waals surface area contributed by atoms with Gasteiger partial charge in [-0.1, -0.05) is 19.3 Å². The van der Waals surface area contributed by atoms with E-state index in [9.17, 15) is 13.2 Å². The molecule has 94 valence electrons. The van der Waals surface area contributed by atoms with Crippen LogP contribution in [0.1, 0.15) is 46.0 Å². The average molecular weight is 249 g/mol. The minimum atomic E-state index is -3.93. The molecule has 16 heavy (non-hydrogen) atoms. The Hall–Kier alpha value is -0.620. The topological polar surface area (TPSA) is 72.5 Å². The van der Waals surface area contributed by atoms with Crippen molar-refractivity contribution in [2.75, 3.05) is 0 Å². The second kappa shape index (κ2) is 5.63. The van der Waals surface area contributed by atoms with E-state index in [1.54, 1.807) is 13.8 Å². The maximum Gasteiger partial charge on any atom is 0.385 e. The molecule has 0 amide bonds. The lowest BCUT2D eigenvalue weighted by Crippen LogP contribution is -2.35. The van der Waals surface area contributed by atoms with Crippen molar-refractivity contribution in [2.45, 2.75) is 52.0 Å². The van der Waals surface area contributed by atoms with Crippen LogP contribution in [0.25, 0.3) is 0 Å². The van der Waals surface area contributed by atoms with E-state index >= 15 is 0 Å². The predicted octanol–water partition coefficient (Wildman–Crippen LogP) is 1.35. The van der Waals surface area contributed by atoms with Crippen molar-refractivity contribution < 1.29 is 17.4 Å². The van der Waals surface area contributed by atoms with Gasteiger partial charge in [0.15, 0.2) is 0 Å². The summed E-state index contributed by atoms with van der Waals surface area (Å²) in [6, 6.07) is -0.274. The molecular weight excluding hydrogens is 230 g/mol. The first kappa shape index (κ1) is 13.4. The third-order valence-electron chi connectivity index (χ3n) is 2.51. The Morgan fingerprint density at radius 3 is 2.31 bits per heavy atom. The van der Waals surface area contributed by atoms with Crippen molar-refractivity contribution in [1.29, 1.82) is 0 Å². The molecule has 0 heterocycles. The number of carbonyl (C=O) groups is 1. The van der Waals surface area contributed by atoms with E-state index in [-0.39, 0.29) is 12.0 Å². The first-order valence-corrected chi connectivity index (χ1v) is 7.07. The van der Waals surface area contributed by atoms with Gasteiger partial charge in [0.25, 0.3) is 0 Å². The van der Waals surface area contributed by atoms with Crippen molar-refractivity contribution in [3.05, 3.63) is 0 Å². The van der Waals surface area contributed by atoms with Crippen molar-refractivity contribution in [1.82, 2.24) is 4.72 Å². The molecule has 0 aromatic rings. The van der Waals surface area contributed by atoms with Gasteiger partial charge in [-0.3, -0.25) is 4.79 Å². The number of hydrogen-bond donors (Lipinski definition) is 1. The minimum Gasteiger partial charge on any atom is -0.334 e. The largest absolute Gasteiger partial charge is 0.385 e. The van der Waals surface area contributed by atoms with Crippen LogP contribution in [0.15, 0.2) is 0 Å². The van der Waals surface area contributed by atoms with Gasteiger partial charge in [0.1, 0.15) is 0 Å². The molecule has 1 N–H and O–H groups in total. The molecule has 0 atom stereocenters. The molecular formula is C10H19NO4S. The molecule has 1 fully saturated rings. The smallest absolute Gasteiger partial charge is 0.334 e. The van der Waals surface area contributed by atoms with Crippen LogP contribution in [-0.2, 0) is 19.3 Å². The molecule has 0 unspecified atom stereocenters.